The first-order chi connectivity index (χ1) is 4.70. The maximum Gasteiger partial charge on any atom is 0.309 e. The maximum atomic E-state index is 10.7. The molecular formula is C6H10O4. The molecule has 0 bridgehead atoms. The van der Waals surface area contributed by atoms with Crippen LogP contribution in [0.4, 0.5) is 0 Å². The first-order valence-corrected chi connectivity index (χ1v) is 3.23. The summed E-state index contributed by atoms with van der Waals surface area (Å²) < 4.78 is 4.61. The van der Waals surface area contributed by atoms with E-state index >= 15 is 0 Å². The summed E-state index contributed by atoms with van der Waals surface area (Å²) in [5, 5.41) is 17.0. The molecule has 0 aliphatic carbocycles. The molecule has 1 atom stereocenters. The minimum atomic E-state index is -1.39. The summed E-state index contributed by atoms with van der Waals surface area (Å²) >= 11 is 0. The average Bonchev–Trinajstić information content (AvgIpc) is 2.15. The van der Waals surface area contributed by atoms with Gasteiger partial charge in [-0.15, -0.1) is 0 Å². The highest BCUT2D eigenvalue weighted by Crippen LogP contribution is 2.18. The van der Waals surface area contributed by atoms with Crippen molar-refractivity contribution in [3.05, 3.63) is 0 Å². The summed E-state index contributed by atoms with van der Waals surface area (Å²) in [5.74, 6) is -0.617. The molecule has 2 N–H and O–H groups in total. The van der Waals surface area contributed by atoms with Gasteiger partial charge in [0.2, 0.25) is 0 Å². The van der Waals surface area contributed by atoms with Crippen LogP contribution in [0, 0.1) is 5.92 Å². The Morgan fingerprint density at radius 3 is 2.80 bits per heavy atom. The molecule has 1 aliphatic heterocycles. The van der Waals surface area contributed by atoms with E-state index in [2.05, 4.69) is 4.74 Å². The Labute approximate surface area is 58.4 Å². The fourth-order valence-corrected chi connectivity index (χ4v) is 1.01. The monoisotopic (exact) mass is 146 g/mol. The molecule has 1 unspecified atom stereocenters. The first kappa shape index (κ1) is 7.50. The molecule has 58 valence electrons. The van der Waals surface area contributed by atoms with Gasteiger partial charge in [0, 0.05) is 6.42 Å². The summed E-state index contributed by atoms with van der Waals surface area (Å²) in [7, 11) is 0. The van der Waals surface area contributed by atoms with E-state index in [0.717, 1.165) is 0 Å². The summed E-state index contributed by atoms with van der Waals surface area (Å²) in [6.45, 7) is 0.413. The van der Waals surface area contributed by atoms with E-state index < -0.39 is 6.29 Å². The Kier molecular flexibility index (Phi) is 2.24. The molecule has 1 rings (SSSR count). The zero-order valence-corrected chi connectivity index (χ0v) is 5.49. The van der Waals surface area contributed by atoms with Gasteiger partial charge in [0.25, 0.3) is 0 Å². The minimum Gasteiger partial charge on any atom is -0.465 e. The number of rotatable bonds is 2. The Hall–Kier alpha value is -0.610. The normalized spacial score (nSPS) is 25.5. The number of esters is 1. The van der Waals surface area contributed by atoms with E-state index in [1.165, 1.54) is 0 Å². The molecule has 0 spiro atoms. The van der Waals surface area contributed by atoms with Crippen molar-refractivity contribution in [2.24, 2.45) is 5.92 Å². The van der Waals surface area contributed by atoms with Gasteiger partial charge in [-0.1, -0.05) is 0 Å². The van der Waals surface area contributed by atoms with Gasteiger partial charge in [-0.3, -0.25) is 4.79 Å². The molecule has 1 fully saturated rings. The van der Waals surface area contributed by atoms with Gasteiger partial charge in [-0.2, -0.15) is 0 Å². The third-order valence-corrected chi connectivity index (χ3v) is 1.54. The third-order valence-electron chi connectivity index (χ3n) is 1.54. The van der Waals surface area contributed by atoms with Gasteiger partial charge in [0.15, 0.2) is 6.29 Å². The van der Waals surface area contributed by atoms with Crippen LogP contribution in [0.1, 0.15) is 12.8 Å². The predicted molar refractivity (Wildman–Crippen MR) is 31.9 cm³/mol. The second kappa shape index (κ2) is 2.98. The van der Waals surface area contributed by atoms with Crippen LogP contribution < -0.4 is 0 Å². The molecule has 1 heterocycles. The lowest BCUT2D eigenvalue weighted by Crippen LogP contribution is -2.16. The maximum absolute atomic E-state index is 10.7. The van der Waals surface area contributed by atoms with Crippen LogP contribution in [0.5, 0.6) is 0 Å². The Morgan fingerprint density at radius 1 is 1.70 bits per heavy atom. The number of hydrogen-bond acceptors (Lipinski definition) is 4. The number of aliphatic hydroxyl groups excluding tert-OH is 1. The van der Waals surface area contributed by atoms with Crippen molar-refractivity contribution in [1.29, 1.82) is 0 Å². The van der Waals surface area contributed by atoms with Crippen molar-refractivity contribution in [3.63, 3.8) is 0 Å². The summed E-state index contributed by atoms with van der Waals surface area (Å²) in [4.78, 5) is 10.7. The number of ether oxygens (including phenoxy) is 1. The van der Waals surface area contributed by atoms with Crippen LogP contribution in [0.3, 0.4) is 0 Å². The minimum absolute atomic E-state index is 0.0961. The molecule has 0 aromatic heterocycles. The molecule has 0 amide bonds. The van der Waals surface area contributed by atoms with Crippen molar-refractivity contribution >= 4 is 5.97 Å². The van der Waals surface area contributed by atoms with Crippen LogP contribution in [0.25, 0.3) is 0 Å². The second-order valence-electron chi connectivity index (χ2n) is 2.37. The lowest BCUT2D eigenvalue weighted by atomic mass is 10.0. The third kappa shape index (κ3) is 1.68. The number of hydrogen-bond donors (Lipinski definition) is 2. The molecule has 0 aromatic rings. The highest BCUT2D eigenvalue weighted by atomic mass is 16.5. The molecule has 0 aromatic carbocycles. The lowest BCUT2D eigenvalue weighted by molar-refractivity contribution is -0.144. The van der Waals surface area contributed by atoms with Gasteiger partial charge < -0.3 is 14.9 Å². The van der Waals surface area contributed by atoms with E-state index in [9.17, 15) is 4.79 Å². The Bertz CT molecular complexity index is 132. The van der Waals surface area contributed by atoms with E-state index in [0.29, 0.717) is 13.0 Å². The zero-order valence-electron chi connectivity index (χ0n) is 5.49. The average molecular weight is 146 g/mol. The largest absolute Gasteiger partial charge is 0.465 e. The summed E-state index contributed by atoms with van der Waals surface area (Å²) in [6.07, 6.45) is -0.689. The molecule has 4 nitrogen and oxygen atoms in total. The zero-order chi connectivity index (χ0) is 7.56. The molecule has 0 saturated carbocycles. The van der Waals surface area contributed by atoms with Crippen LogP contribution in [-0.4, -0.2) is 29.1 Å². The smallest absolute Gasteiger partial charge is 0.309 e. The van der Waals surface area contributed by atoms with Crippen molar-refractivity contribution in [2.45, 2.75) is 19.1 Å². The summed E-state index contributed by atoms with van der Waals surface area (Å²) in [5.41, 5.74) is 0. The predicted octanol–water partition coefficient (Wildman–Crippen LogP) is -0.750. The van der Waals surface area contributed by atoms with E-state index in [-0.39, 0.29) is 18.3 Å². The van der Waals surface area contributed by atoms with E-state index in [1.54, 1.807) is 0 Å². The van der Waals surface area contributed by atoms with Gasteiger partial charge in [-0.05, 0) is 6.42 Å². The van der Waals surface area contributed by atoms with Gasteiger partial charge in [0.1, 0.15) is 0 Å². The number of cyclic esters (lactones) is 1. The molecule has 4 heteroatoms. The highest BCUT2D eigenvalue weighted by molar-refractivity contribution is 5.74. The number of carbonyl (C=O) groups is 1. The van der Waals surface area contributed by atoms with Gasteiger partial charge in [-0.25, -0.2) is 0 Å². The van der Waals surface area contributed by atoms with E-state index in [4.69, 9.17) is 10.2 Å². The molecule has 1 saturated heterocycles. The fourth-order valence-electron chi connectivity index (χ4n) is 1.01. The quantitative estimate of drug-likeness (QED) is 0.397. The van der Waals surface area contributed by atoms with Gasteiger partial charge >= 0.3 is 5.97 Å². The van der Waals surface area contributed by atoms with Crippen molar-refractivity contribution in [3.8, 4) is 0 Å². The number of aliphatic hydroxyl groups is 2. The van der Waals surface area contributed by atoms with Crippen molar-refractivity contribution < 1.29 is 19.7 Å². The first-order valence-electron chi connectivity index (χ1n) is 3.23. The topological polar surface area (TPSA) is 66.8 Å². The van der Waals surface area contributed by atoms with Crippen LogP contribution in [0.2, 0.25) is 0 Å². The molecule has 10 heavy (non-hydrogen) atoms. The van der Waals surface area contributed by atoms with Crippen LogP contribution in [0.15, 0.2) is 0 Å². The lowest BCUT2D eigenvalue weighted by Gasteiger charge is -2.05. The molecular weight excluding hydrogens is 136 g/mol. The summed E-state index contributed by atoms with van der Waals surface area (Å²) in [6, 6.07) is 0. The van der Waals surface area contributed by atoms with E-state index in [1.807, 2.05) is 0 Å². The van der Waals surface area contributed by atoms with Gasteiger partial charge in [0.05, 0.1) is 12.5 Å². The van der Waals surface area contributed by atoms with Crippen LogP contribution >= 0.6 is 0 Å². The standard InChI is InChI=1S/C6H10O4/c7-5(8)3-4-1-2-10-6(4)9/h4-5,7-8H,1-3H2. The molecule has 1 aliphatic rings. The molecule has 0 radical (unpaired) electrons. The Balaban J connectivity index is 2.33. The SMILES string of the molecule is O=C1OCCC1CC(O)O. The number of carbonyl (C=O) groups excluding carboxylic acids is 1. The fraction of sp³-hybridized carbons (Fsp3) is 0.833. The van der Waals surface area contributed by atoms with Crippen molar-refractivity contribution in [1.82, 2.24) is 0 Å². The van der Waals surface area contributed by atoms with Crippen LogP contribution in [-0.2, 0) is 9.53 Å². The highest BCUT2D eigenvalue weighted by Gasteiger charge is 2.27. The Morgan fingerprint density at radius 2 is 2.40 bits per heavy atom. The van der Waals surface area contributed by atoms with Crippen molar-refractivity contribution in [2.75, 3.05) is 6.61 Å². The second-order valence-corrected chi connectivity index (χ2v) is 2.37.